The summed E-state index contributed by atoms with van der Waals surface area (Å²) in [6, 6.07) is 12.3. The Kier molecular flexibility index (Phi) is 8.02. The highest BCUT2D eigenvalue weighted by molar-refractivity contribution is 7.92. The Morgan fingerprint density at radius 1 is 1.10 bits per heavy atom. The number of carbonyl (C=O) groups is 1. The fourth-order valence-corrected chi connectivity index (χ4v) is 4.12. The number of nitrogens with one attached hydrogen (secondary N) is 1. The van der Waals surface area contributed by atoms with E-state index >= 15 is 0 Å². The Labute approximate surface area is 188 Å². The molecule has 9 heteroatoms. The SMILES string of the molecule is CC(C)(C)c1ccccc1OCCNC(=O)CN(c1cccc(Cl)c1Cl)S(C)(=O)=O. The fraction of sp³-hybridized carbons (Fsp3) is 0.381. The van der Waals surface area contributed by atoms with Crippen LogP contribution in [0.2, 0.25) is 10.0 Å². The van der Waals surface area contributed by atoms with Crippen LogP contribution in [0.4, 0.5) is 5.69 Å². The van der Waals surface area contributed by atoms with E-state index in [0.29, 0.717) is 0 Å². The molecule has 2 aromatic carbocycles. The summed E-state index contributed by atoms with van der Waals surface area (Å²) in [5.74, 6) is 0.270. The van der Waals surface area contributed by atoms with Gasteiger partial charge in [-0.25, -0.2) is 8.42 Å². The normalized spacial score (nSPS) is 11.8. The third kappa shape index (κ3) is 6.52. The van der Waals surface area contributed by atoms with Gasteiger partial charge in [0, 0.05) is 0 Å². The average Bonchev–Trinajstić information content (AvgIpc) is 2.64. The molecule has 0 unspecified atom stereocenters. The van der Waals surface area contributed by atoms with Crippen LogP contribution < -0.4 is 14.4 Å². The molecular formula is C21H26Cl2N2O4S. The summed E-state index contributed by atoms with van der Waals surface area (Å²) in [5, 5.41) is 2.94. The summed E-state index contributed by atoms with van der Waals surface area (Å²) < 4.78 is 31.1. The van der Waals surface area contributed by atoms with Gasteiger partial charge in [-0.3, -0.25) is 9.10 Å². The Hall–Kier alpha value is -1.96. The van der Waals surface area contributed by atoms with Gasteiger partial charge in [-0.2, -0.15) is 0 Å². The van der Waals surface area contributed by atoms with E-state index in [-0.39, 0.29) is 34.3 Å². The molecule has 0 aliphatic rings. The molecule has 2 aromatic rings. The molecule has 0 radical (unpaired) electrons. The molecule has 0 saturated carbocycles. The molecule has 30 heavy (non-hydrogen) atoms. The lowest BCUT2D eigenvalue weighted by Gasteiger charge is -2.24. The van der Waals surface area contributed by atoms with E-state index < -0.39 is 22.5 Å². The van der Waals surface area contributed by atoms with E-state index in [2.05, 4.69) is 26.1 Å². The minimum Gasteiger partial charge on any atom is -0.491 e. The standard InChI is InChI=1S/C21H26Cl2N2O4S/c1-21(2,3)15-8-5-6-11-18(15)29-13-12-24-19(26)14-25(30(4,27)28)17-10-7-9-16(22)20(17)23/h5-11H,12-14H2,1-4H3,(H,24,26). The third-order valence-electron chi connectivity index (χ3n) is 4.26. The van der Waals surface area contributed by atoms with Gasteiger partial charge in [0.2, 0.25) is 15.9 Å². The molecule has 0 aromatic heterocycles. The van der Waals surface area contributed by atoms with E-state index in [1.54, 1.807) is 12.1 Å². The van der Waals surface area contributed by atoms with Crippen molar-refractivity contribution in [3.63, 3.8) is 0 Å². The van der Waals surface area contributed by atoms with Gasteiger partial charge < -0.3 is 10.1 Å². The zero-order chi connectivity index (χ0) is 22.5. The van der Waals surface area contributed by atoms with Crippen LogP contribution in [-0.2, 0) is 20.2 Å². The van der Waals surface area contributed by atoms with Crippen molar-refractivity contribution in [2.24, 2.45) is 0 Å². The van der Waals surface area contributed by atoms with Crippen LogP contribution in [0.3, 0.4) is 0 Å². The van der Waals surface area contributed by atoms with Crippen LogP contribution in [0.25, 0.3) is 0 Å². The van der Waals surface area contributed by atoms with E-state index in [1.807, 2.05) is 24.3 Å². The maximum absolute atomic E-state index is 12.4. The van der Waals surface area contributed by atoms with Crippen molar-refractivity contribution < 1.29 is 17.9 Å². The highest BCUT2D eigenvalue weighted by atomic mass is 35.5. The number of halogens is 2. The fourth-order valence-electron chi connectivity index (χ4n) is 2.82. The molecule has 6 nitrogen and oxygen atoms in total. The van der Waals surface area contributed by atoms with Crippen molar-refractivity contribution in [1.82, 2.24) is 5.32 Å². The lowest BCUT2D eigenvalue weighted by atomic mass is 9.86. The van der Waals surface area contributed by atoms with Gasteiger partial charge in [-0.1, -0.05) is 68.2 Å². The number of nitrogens with zero attached hydrogens (tertiary/aromatic N) is 1. The molecule has 0 saturated heterocycles. The smallest absolute Gasteiger partial charge is 0.240 e. The topological polar surface area (TPSA) is 75.7 Å². The van der Waals surface area contributed by atoms with Gasteiger partial charge in [0.1, 0.15) is 18.9 Å². The highest BCUT2D eigenvalue weighted by Gasteiger charge is 2.24. The van der Waals surface area contributed by atoms with Gasteiger partial charge >= 0.3 is 0 Å². The van der Waals surface area contributed by atoms with Crippen molar-refractivity contribution >= 4 is 44.8 Å². The molecule has 0 aliphatic carbocycles. The van der Waals surface area contributed by atoms with Crippen molar-refractivity contribution in [1.29, 1.82) is 0 Å². The molecule has 1 N–H and O–H groups in total. The van der Waals surface area contributed by atoms with Crippen LogP contribution >= 0.6 is 23.2 Å². The Morgan fingerprint density at radius 2 is 1.77 bits per heavy atom. The lowest BCUT2D eigenvalue weighted by molar-refractivity contribution is -0.119. The summed E-state index contributed by atoms with van der Waals surface area (Å²) in [5.41, 5.74) is 1.14. The van der Waals surface area contributed by atoms with Crippen molar-refractivity contribution in [2.75, 3.05) is 30.3 Å². The Balaban J connectivity index is 1.99. The zero-order valence-corrected chi connectivity index (χ0v) is 19.7. The summed E-state index contributed by atoms with van der Waals surface area (Å²) in [6.45, 7) is 6.33. The molecule has 0 fully saturated rings. The number of rotatable bonds is 8. The number of anilines is 1. The summed E-state index contributed by atoms with van der Waals surface area (Å²) in [4.78, 5) is 12.4. The molecule has 2 rings (SSSR count). The number of para-hydroxylation sites is 1. The Bertz CT molecular complexity index is 1000. The zero-order valence-electron chi connectivity index (χ0n) is 17.4. The number of hydrogen-bond acceptors (Lipinski definition) is 4. The molecule has 164 valence electrons. The first-order valence-electron chi connectivity index (χ1n) is 9.32. The summed E-state index contributed by atoms with van der Waals surface area (Å²) in [6.07, 6.45) is 1.00. The molecule has 0 aliphatic heterocycles. The number of carbonyl (C=O) groups excluding carboxylic acids is 1. The first-order chi connectivity index (χ1) is 13.9. The molecule has 1 amide bonds. The number of ether oxygens (including phenoxy) is 1. The number of sulfonamides is 1. The van der Waals surface area contributed by atoms with Crippen molar-refractivity contribution in [3.05, 3.63) is 58.1 Å². The Morgan fingerprint density at radius 3 is 2.40 bits per heavy atom. The van der Waals surface area contributed by atoms with Gasteiger partial charge in [-0.15, -0.1) is 0 Å². The minimum absolute atomic E-state index is 0.0690. The van der Waals surface area contributed by atoms with Gasteiger partial charge in [0.25, 0.3) is 0 Å². The maximum atomic E-state index is 12.4. The first kappa shape index (κ1) is 24.3. The second kappa shape index (κ2) is 9.90. The third-order valence-corrected chi connectivity index (χ3v) is 6.20. The van der Waals surface area contributed by atoms with Gasteiger partial charge in [0.15, 0.2) is 0 Å². The monoisotopic (exact) mass is 472 g/mol. The predicted octanol–water partition coefficient (Wildman–Crippen LogP) is 4.25. The van der Waals surface area contributed by atoms with E-state index in [1.165, 1.54) is 6.07 Å². The van der Waals surface area contributed by atoms with E-state index in [9.17, 15) is 13.2 Å². The highest BCUT2D eigenvalue weighted by Crippen LogP contribution is 2.33. The summed E-state index contributed by atoms with van der Waals surface area (Å²) in [7, 11) is -3.75. The van der Waals surface area contributed by atoms with Crippen LogP contribution in [-0.4, -0.2) is 40.3 Å². The number of hydrogen-bond donors (Lipinski definition) is 1. The number of amides is 1. The molecule has 0 heterocycles. The quantitative estimate of drug-likeness (QED) is 0.582. The largest absolute Gasteiger partial charge is 0.491 e. The van der Waals surface area contributed by atoms with Crippen molar-refractivity contribution in [2.45, 2.75) is 26.2 Å². The molecule has 0 atom stereocenters. The van der Waals surface area contributed by atoms with E-state index in [0.717, 1.165) is 21.9 Å². The predicted molar refractivity (Wildman–Crippen MR) is 122 cm³/mol. The van der Waals surface area contributed by atoms with Crippen LogP contribution in [0.1, 0.15) is 26.3 Å². The van der Waals surface area contributed by atoms with Crippen LogP contribution in [0.5, 0.6) is 5.75 Å². The number of benzene rings is 2. The van der Waals surface area contributed by atoms with E-state index in [4.69, 9.17) is 27.9 Å². The van der Waals surface area contributed by atoms with Gasteiger partial charge in [0.05, 0.1) is 28.5 Å². The molecular weight excluding hydrogens is 447 g/mol. The first-order valence-corrected chi connectivity index (χ1v) is 11.9. The van der Waals surface area contributed by atoms with Crippen molar-refractivity contribution in [3.8, 4) is 5.75 Å². The van der Waals surface area contributed by atoms with Crippen LogP contribution in [0.15, 0.2) is 42.5 Å². The summed E-state index contributed by atoms with van der Waals surface area (Å²) >= 11 is 12.1. The van der Waals surface area contributed by atoms with Crippen LogP contribution in [0, 0.1) is 0 Å². The maximum Gasteiger partial charge on any atom is 0.240 e. The molecule has 0 spiro atoms. The van der Waals surface area contributed by atoms with Gasteiger partial charge in [-0.05, 0) is 29.2 Å². The average molecular weight is 473 g/mol. The minimum atomic E-state index is -3.75. The second-order valence-corrected chi connectivity index (χ2v) is 10.5. The second-order valence-electron chi connectivity index (χ2n) is 7.79. The molecule has 0 bridgehead atoms. The lowest BCUT2D eigenvalue weighted by Crippen LogP contribution is -2.41.